The van der Waals surface area contributed by atoms with Crippen LogP contribution in [0.4, 0.5) is 0 Å². The average Bonchev–Trinajstić information content (AvgIpc) is 3.10. The smallest absolute Gasteiger partial charge is 0.137 e. The van der Waals surface area contributed by atoms with Gasteiger partial charge in [0.05, 0.1) is 0 Å². The third-order valence-electron chi connectivity index (χ3n) is 4.14. The van der Waals surface area contributed by atoms with Gasteiger partial charge in [0.25, 0.3) is 0 Å². The van der Waals surface area contributed by atoms with E-state index < -0.39 is 0 Å². The van der Waals surface area contributed by atoms with Crippen molar-refractivity contribution in [3.05, 3.63) is 84.4 Å². The van der Waals surface area contributed by atoms with E-state index >= 15 is 0 Å². The highest BCUT2D eigenvalue weighted by molar-refractivity contribution is 5.17. The predicted octanol–water partition coefficient (Wildman–Crippen LogP) is 4.14. The van der Waals surface area contributed by atoms with Crippen LogP contribution in [-0.4, -0.2) is 19.7 Å². The van der Waals surface area contributed by atoms with E-state index in [-0.39, 0.29) is 6.17 Å². The molecule has 0 saturated heterocycles. The van der Waals surface area contributed by atoms with Crippen LogP contribution in [0.25, 0.3) is 0 Å². The van der Waals surface area contributed by atoms with Crippen LogP contribution < -0.4 is 0 Å². The first-order chi connectivity index (χ1) is 11.7. The van der Waals surface area contributed by atoms with Crippen LogP contribution in [0.5, 0.6) is 0 Å². The number of hydrogen-bond acceptors (Lipinski definition) is 3. The van der Waals surface area contributed by atoms with Gasteiger partial charge in [-0.15, -0.1) is 0 Å². The lowest BCUT2D eigenvalue weighted by Crippen LogP contribution is -2.35. The van der Waals surface area contributed by atoms with Gasteiger partial charge in [0.1, 0.15) is 18.8 Å². The summed E-state index contributed by atoms with van der Waals surface area (Å²) in [6.07, 6.45) is 3.58. The predicted molar refractivity (Wildman–Crippen MR) is 96.0 cm³/mol. The zero-order chi connectivity index (χ0) is 16.8. The van der Waals surface area contributed by atoms with Crippen molar-refractivity contribution < 1.29 is 0 Å². The van der Waals surface area contributed by atoms with Crippen molar-refractivity contribution in [2.45, 2.75) is 33.1 Å². The van der Waals surface area contributed by atoms with E-state index in [4.69, 9.17) is 0 Å². The molecule has 0 amide bonds. The molecule has 0 aliphatic heterocycles. The Morgan fingerprint density at radius 2 is 1.42 bits per heavy atom. The van der Waals surface area contributed by atoms with Crippen molar-refractivity contribution in [2.75, 3.05) is 0 Å². The maximum absolute atomic E-state index is 4.41. The van der Waals surface area contributed by atoms with Gasteiger partial charge in [-0.3, -0.25) is 4.90 Å². The molecule has 0 N–H and O–H groups in total. The van der Waals surface area contributed by atoms with Crippen LogP contribution in [0.3, 0.4) is 0 Å². The molecule has 2 aromatic carbocycles. The fraction of sp³-hybridized carbons (Fsp3) is 0.300. The van der Waals surface area contributed by atoms with Crippen molar-refractivity contribution in [1.29, 1.82) is 0 Å². The Morgan fingerprint density at radius 1 is 0.875 bits per heavy atom. The normalized spacial score (nSPS) is 12.7. The topological polar surface area (TPSA) is 34.0 Å². The van der Waals surface area contributed by atoms with E-state index in [1.165, 1.54) is 11.1 Å². The molecular weight excluding hydrogens is 296 g/mol. The summed E-state index contributed by atoms with van der Waals surface area (Å²) in [6, 6.07) is 21.2. The molecule has 0 aliphatic rings. The summed E-state index contributed by atoms with van der Waals surface area (Å²) in [7, 11) is 0. The van der Waals surface area contributed by atoms with Crippen LogP contribution >= 0.6 is 0 Å². The van der Waals surface area contributed by atoms with Gasteiger partial charge in [0.15, 0.2) is 0 Å². The first-order valence-corrected chi connectivity index (χ1v) is 8.40. The first-order valence-electron chi connectivity index (χ1n) is 8.40. The Bertz CT molecular complexity index is 666. The molecular formula is C20H24N4. The molecule has 1 atom stereocenters. The SMILES string of the molecule is CC(C)C(N(Cc1ccccc1)Cc1ccccc1)n1cncn1. The van der Waals surface area contributed by atoms with Gasteiger partial charge in [-0.05, 0) is 17.0 Å². The second-order valence-corrected chi connectivity index (χ2v) is 6.41. The van der Waals surface area contributed by atoms with Crippen molar-refractivity contribution in [3.8, 4) is 0 Å². The largest absolute Gasteiger partial charge is 0.273 e. The van der Waals surface area contributed by atoms with E-state index in [1.54, 1.807) is 6.33 Å². The third kappa shape index (κ3) is 4.09. The van der Waals surface area contributed by atoms with E-state index in [9.17, 15) is 0 Å². The van der Waals surface area contributed by atoms with Crippen LogP contribution in [0, 0.1) is 5.92 Å². The minimum atomic E-state index is 0.160. The molecule has 1 unspecified atom stereocenters. The number of hydrogen-bond donors (Lipinski definition) is 0. The third-order valence-corrected chi connectivity index (χ3v) is 4.14. The summed E-state index contributed by atoms with van der Waals surface area (Å²) in [5, 5.41) is 4.41. The number of aromatic nitrogens is 3. The quantitative estimate of drug-likeness (QED) is 0.656. The molecule has 0 radical (unpaired) electrons. The molecule has 124 valence electrons. The van der Waals surface area contributed by atoms with E-state index in [2.05, 4.69) is 89.5 Å². The van der Waals surface area contributed by atoms with Crippen molar-refractivity contribution in [2.24, 2.45) is 5.92 Å². The number of benzene rings is 2. The first kappa shape index (κ1) is 16.4. The fourth-order valence-corrected chi connectivity index (χ4v) is 3.13. The Labute approximate surface area is 143 Å². The Kier molecular flexibility index (Phi) is 5.39. The standard InChI is InChI=1S/C20H24N4/c1-17(2)20(24-16-21-15-22-24)23(13-18-9-5-3-6-10-18)14-19-11-7-4-8-12-19/h3-12,15-17,20H,13-14H2,1-2H3. The Balaban J connectivity index is 1.90. The maximum atomic E-state index is 4.41. The second-order valence-electron chi connectivity index (χ2n) is 6.41. The molecule has 24 heavy (non-hydrogen) atoms. The molecule has 0 spiro atoms. The molecule has 4 nitrogen and oxygen atoms in total. The highest BCUT2D eigenvalue weighted by Crippen LogP contribution is 2.25. The lowest BCUT2D eigenvalue weighted by atomic mass is 10.1. The summed E-state index contributed by atoms with van der Waals surface area (Å²) in [6.45, 7) is 6.21. The highest BCUT2D eigenvalue weighted by Gasteiger charge is 2.24. The molecule has 0 saturated carbocycles. The van der Waals surface area contributed by atoms with Gasteiger partial charge in [-0.2, -0.15) is 5.10 Å². The van der Waals surface area contributed by atoms with Crippen molar-refractivity contribution >= 4 is 0 Å². The van der Waals surface area contributed by atoms with Gasteiger partial charge < -0.3 is 0 Å². The summed E-state index contributed by atoms with van der Waals surface area (Å²) < 4.78 is 1.97. The van der Waals surface area contributed by atoms with Gasteiger partial charge in [0.2, 0.25) is 0 Å². The minimum Gasteiger partial charge on any atom is -0.273 e. The molecule has 4 heteroatoms. The van der Waals surface area contributed by atoms with E-state index in [1.807, 2.05) is 11.0 Å². The number of nitrogens with zero attached hydrogens (tertiary/aromatic N) is 4. The Morgan fingerprint density at radius 3 is 1.83 bits per heavy atom. The van der Waals surface area contributed by atoms with Crippen LogP contribution in [0.2, 0.25) is 0 Å². The summed E-state index contributed by atoms with van der Waals surface area (Å²) in [5.74, 6) is 0.416. The van der Waals surface area contributed by atoms with Gasteiger partial charge in [-0.25, -0.2) is 9.67 Å². The average molecular weight is 320 g/mol. The van der Waals surface area contributed by atoms with Crippen LogP contribution in [0.1, 0.15) is 31.1 Å². The summed E-state index contributed by atoms with van der Waals surface area (Å²) in [4.78, 5) is 6.61. The highest BCUT2D eigenvalue weighted by atomic mass is 15.4. The van der Waals surface area contributed by atoms with Gasteiger partial charge >= 0.3 is 0 Å². The van der Waals surface area contributed by atoms with E-state index in [0.29, 0.717) is 5.92 Å². The maximum Gasteiger partial charge on any atom is 0.137 e. The molecule has 0 fully saturated rings. The lowest BCUT2D eigenvalue weighted by molar-refractivity contribution is 0.0697. The van der Waals surface area contributed by atoms with E-state index in [0.717, 1.165) is 13.1 Å². The molecule has 0 bridgehead atoms. The molecule has 0 aliphatic carbocycles. The van der Waals surface area contributed by atoms with Crippen molar-refractivity contribution in [3.63, 3.8) is 0 Å². The van der Waals surface area contributed by atoms with Gasteiger partial charge in [0, 0.05) is 13.1 Å². The van der Waals surface area contributed by atoms with Gasteiger partial charge in [-0.1, -0.05) is 74.5 Å². The monoisotopic (exact) mass is 320 g/mol. The summed E-state index contributed by atoms with van der Waals surface area (Å²) in [5.41, 5.74) is 2.61. The molecule has 3 aromatic rings. The number of rotatable bonds is 7. The lowest BCUT2D eigenvalue weighted by Gasteiger charge is -2.34. The Hall–Kier alpha value is -2.46. The molecule has 1 aromatic heterocycles. The molecule has 3 rings (SSSR count). The zero-order valence-corrected chi connectivity index (χ0v) is 14.3. The van der Waals surface area contributed by atoms with Crippen molar-refractivity contribution in [1.82, 2.24) is 19.7 Å². The zero-order valence-electron chi connectivity index (χ0n) is 14.3. The van der Waals surface area contributed by atoms with Crippen LogP contribution in [-0.2, 0) is 13.1 Å². The second kappa shape index (κ2) is 7.88. The van der Waals surface area contributed by atoms with Crippen LogP contribution in [0.15, 0.2) is 73.3 Å². The molecule has 1 heterocycles. The minimum absolute atomic E-state index is 0.160. The fourth-order valence-electron chi connectivity index (χ4n) is 3.13. The summed E-state index contributed by atoms with van der Waals surface area (Å²) >= 11 is 0.